The van der Waals surface area contributed by atoms with Gasteiger partial charge in [0.1, 0.15) is 5.54 Å². The van der Waals surface area contributed by atoms with Gasteiger partial charge in [0.05, 0.1) is 17.4 Å². The average molecular weight is 328 g/mol. The number of halogens is 3. The van der Waals surface area contributed by atoms with Crippen molar-refractivity contribution in [3.8, 4) is 6.07 Å². The number of rotatable bonds is 5. The number of thioether (sulfide) groups is 1. The first-order valence-electron chi connectivity index (χ1n) is 6.77. The molecule has 0 aromatic heterocycles. The number of nitriles is 1. The molecular formula is C15H15F3N2OS. The average Bonchev–Trinajstić information content (AvgIpc) is 3.29. The second-order valence-corrected chi connectivity index (χ2v) is 6.50. The summed E-state index contributed by atoms with van der Waals surface area (Å²) in [5.74, 6) is -0.205. The van der Waals surface area contributed by atoms with Crippen LogP contribution in [0.2, 0.25) is 0 Å². The fraction of sp³-hybridized carbons (Fsp3) is 0.467. The summed E-state index contributed by atoms with van der Waals surface area (Å²) in [6.07, 6.45) is -2.58. The van der Waals surface area contributed by atoms with Crippen LogP contribution in [0.25, 0.3) is 0 Å². The van der Waals surface area contributed by atoms with E-state index in [-0.39, 0.29) is 17.6 Å². The van der Waals surface area contributed by atoms with Crippen LogP contribution in [0.3, 0.4) is 0 Å². The summed E-state index contributed by atoms with van der Waals surface area (Å²) in [5.41, 5.74) is -1.62. The van der Waals surface area contributed by atoms with Gasteiger partial charge in [0, 0.05) is 4.90 Å². The minimum atomic E-state index is -4.40. The molecule has 1 aliphatic carbocycles. The van der Waals surface area contributed by atoms with Gasteiger partial charge >= 0.3 is 6.18 Å². The zero-order chi connectivity index (χ0) is 16.4. The Morgan fingerprint density at radius 2 is 2.14 bits per heavy atom. The minimum absolute atomic E-state index is 0.0225. The summed E-state index contributed by atoms with van der Waals surface area (Å²) < 4.78 is 37.8. The number of hydrogen-bond acceptors (Lipinski definition) is 3. The van der Waals surface area contributed by atoms with E-state index in [1.165, 1.54) is 12.1 Å². The third-order valence-electron chi connectivity index (χ3n) is 3.56. The maximum atomic E-state index is 12.6. The zero-order valence-corrected chi connectivity index (χ0v) is 12.7. The molecule has 1 amide bonds. The van der Waals surface area contributed by atoms with Gasteiger partial charge in [-0.15, -0.1) is 11.8 Å². The lowest BCUT2D eigenvalue weighted by Gasteiger charge is -2.22. The molecule has 1 aliphatic rings. The highest BCUT2D eigenvalue weighted by atomic mass is 32.2. The second-order valence-electron chi connectivity index (χ2n) is 5.45. The van der Waals surface area contributed by atoms with Crippen LogP contribution in [0.5, 0.6) is 0 Å². The lowest BCUT2D eigenvalue weighted by molar-refractivity contribution is -0.137. The largest absolute Gasteiger partial charge is 0.416 e. The highest BCUT2D eigenvalue weighted by Crippen LogP contribution is 2.39. The lowest BCUT2D eigenvalue weighted by atomic mass is 9.98. The Balaban J connectivity index is 1.93. The molecule has 1 fully saturated rings. The Bertz CT molecular complexity index is 608. The molecule has 1 N–H and O–H groups in total. The maximum absolute atomic E-state index is 12.6. The van der Waals surface area contributed by atoms with Gasteiger partial charge < -0.3 is 5.32 Å². The number of benzene rings is 1. The first-order valence-corrected chi connectivity index (χ1v) is 7.75. The quantitative estimate of drug-likeness (QED) is 0.840. The molecule has 1 saturated carbocycles. The summed E-state index contributed by atoms with van der Waals surface area (Å²) >= 11 is 1.02. The topological polar surface area (TPSA) is 52.9 Å². The Kier molecular flexibility index (Phi) is 4.71. The van der Waals surface area contributed by atoms with Crippen LogP contribution in [-0.4, -0.2) is 17.2 Å². The van der Waals surface area contributed by atoms with E-state index in [0.717, 1.165) is 36.7 Å². The van der Waals surface area contributed by atoms with Gasteiger partial charge in [-0.2, -0.15) is 18.4 Å². The summed E-state index contributed by atoms with van der Waals surface area (Å²) in [7, 11) is 0. The van der Waals surface area contributed by atoms with E-state index in [2.05, 4.69) is 11.4 Å². The molecule has 0 aliphatic heterocycles. The highest BCUT2D eigenvalue weighted by Gasteiger charge is 2.42. The van der Waals surface area contributed by atoms with Crippen LogP contribution >= 0.6 is 11.8 Å². The molecular weight excluding hydrogens is 313 g/mol. The van der Waals surface area contributed by atoms with Gasteiger partial charge in [0.25, 0.3) is 0 Å². The molecule has 0 bridgehead atoms. The maximum Gasteiger partial charge on any atom is 0.416 e. The Morgan fingerprint density at radius 1 is 1.45 bits per heavy atom. The van der Waals surface area contributed by atoms with Crippen LogP contribution in [0.15, 0.2) is 29.2 Å². The molecule has 3 nitrogen and oxygen atoms in total. The van der Waals surface area contributed by atoms with Crippen molar-refractivity contribution in [3.05, 3.63) is 29.8 Å². The summed E-state index contributed by atoms with van der Waals surface area (Å²) in [5, 5.41) is 11.8. The van der Waals surface area contributed by atoms with Gasteiger partial charge in [-0.25, -0.2) is 0 Å². The molecule has 118 valence electrons. The van der Waals surface area contributed by atoms with Crippen LogP contribution in [-0.2, 0) is 11.0 Å². The smallest absolute Gasteiger partial charge is 0.337 e. The molecule has 0 unspecified atom stereocenters. The van der Waals surface area contributed by atoms with Gasteiger partial charge in [0.15, 0.2) is 0 Å². The van der Waals surface area contributed by atoms with E-state index in [1.807, 2.05) is 0 Å². The molecule has 1 atom stereocenters. The van der Waals surface area contributed by atoms with E-state index in [9.17, 15) is 18.0 Å². The fourth-order valence-corrected chi connectivity index (χ4v) is 2.87. The van der Waals surface area contributed by atoms with Crippen molar-refractivity contribution in [2.45, 2.75) is 36.4 Å². The minimum Gasteiger partial charge on any atom is -0.337 e. The number of carbonyl (C=O) groups is 1. The van der Waals surface area contributed by atoms with Gasteiger partial charge in [-0.3, -0.25) is 4.79 Å². The number of nitrogens with zero attached hydrogens (tertiary/aromatic N) is 1. The normalized spacial score (nSPS) is 17.4. The molecule has 0 radical (unpaired) electrons. The van der Waals surface area contributed by atoms with Crippen molar-refractivity contribution in [1.82, 2.24) is 5.32 Å². The van der Waals surface area contributed by atoms with Crippen molar-refractivity contribution < 1.29 is 18.0 Å². The molecule has 1 aromatic carbocycles. The Morgan fingerprint density at radius 3 is 2.68 bits per heavy atom. The zero-order valence-electron chi connectivity index (χ0n) is 11.9. The van der Waals surface area contributed by atoms with E-state index in [4.69, 9.17) is 5.26 Å². The van der Waals surface area contributed by atoms with Gasteiger partial charge in [-0.05, 0) is 43.9 Å². The van der Waals surface area contributed by atoms with Gasteiger partial charge in [-0.1, -0.05) is 6.07 Å². The van der Waals surface area contributed by atoms with Crippen molar-refractivity contribution in [1.29, 1.82) is 5.26 Å². The number of hydrogen-bond donors (Lipinski definition) is 1. The van der Waals surface area contributed by atoms with Gasteiger partial charge in [0.2, 0.25) is 5.91 Å². The van der Waals surface area contributed by atoms with E-state index >= 15 is 0 Å². The fourth-order valence-electron chi connectivity index (χ4n) is 2.12. The molecule has 1 aromatic rings. The van der Waals surface area contributed by atoms with Crippen molar-refractivity contribution in [3.63, 3.8) is 0 Å². The third kappa shape index (κ3) is 4.17. The van der Waals surface area contributed by atoms with Crippen LogP contribution in [0.4, 0.5) is 13.2 Å². The summed E-state index contributed by atoms with van der Waals surface area (Å²) in [6.45, 7) is 1.68. The molecule has 0 heterocycles. The standard InChI is InChI=1S/C15H15F3N2OS/c1-14(9-19,10-5-6-10)20-13(21)8-22-12-4-2-3-11(7-12)15(16,17)18/h2-4,7,10H,5-6,8H2,1H3,(H,20,21)/t14-/m0/s1. The van der Waals surface area contributed by atoms with Crippen LogP contribution in [0.1, 0.15) is 25.3 Å². The summed E-state index contributed by atoms with van der Waals surface area (Å²) in [6, 6.07) is 6.95. The summed E-state index contributed by atoms with van der Waals surface area (Å²) in [4.78, 5) is 12.3. The van der Waals surface area contributed by atoms with Crippen molar-refractivity contribution in [2.24, 2.45) is 5.92 Å². The highest BCUT2D eigenvalue weighted by molar-refractivity contribution is 8.00. The Labute approximate surface area is 130 Å². The number of amides is 1. The number of carbonyl (C=O) groups excluding carboxylic acids is 1. The van der Waals surface area contributed by atoms with E-state index in [0.29, 0.717) is 4.90 Å². The van der Waals surface area contributed by atoms with Crippen LogP contribution < -0.4 is 5.32 Å². The molecule has 7 heteroatoms. The lowest BCUT2D eigenvalue weighted by Crippen LogP contribution is -2.47. The molecule has 0 spiro atoms. The van der Waals surface area contributed by atoms with E-state index < -0.39 is 17.3 Å². The Hall–Kier alpha value is -1.68. The number of nitrogens with one attached hydrogen (secondary N) is 1. The molecule has 2 rings (SSSR count). The third-order valence-corrected chi connectivity index (χ3v) is 4.55. The van der Waals surface area contributed by atoms with Crippen molar-refractivity contribution in [2.75, 3.05) is 5.75 Å². The predicted molar refractivity (Wildman–Crippen MR) is 77.1 cm³/mol. The molecule has 0 saturated heterocycles. The van der Waals surface area contributed by atoms with Crippen LogP contribution in [0, 0.1) is 17.2 Å². The monoisotopic (exact) mass is 328 g/mol. The SMILES string of the molecule is C[C@@](C#N)(NC(=O)CSc1cccc(C(F)(F)F)c1)C1CC1. The van der Waals surface area contributed by atoms with E-state index in [1.54, 1.807) is 6.92 Å². The number of alkyl halides is 3. The van der Waals surface area contributed by atoms with Crippen molar-refractivity contribution >= 4 is 17.7 Å². The predicted octanol–water partition coefficient (Wildman–Crippen LogP) is 3.61. The second kappa shape index (κ2) is 6.21. The molecule has 22 heavy (non-hydrogen) atoms. The first-order chi connectivity index (χ1) is 10.2. The first kappa shape index (κ1) is 16.7.